The number of methoxy groups -OCH3 is 2. The molecule has 1 aliphatic rings. The second-order valence-electron chi connectivity index (χ2n) is 8.56. The molecule has 1 amide bonds. The Balaban J connectivity index is 1.48. The maximum Gasteiger partial charge on any atom is 0.258 e. The van der Waals surface area contributed by atoms with Gasteiger partial charge in [0, 0.05) is 5.57 Å². The monoisotopic (exact) mass is 489 g/mol. The van der Waals surface area contributed by atoms with Gasteiger partial charge in [0.25, 0.3) is 5.91 Å². The molecule has 0 spiro atoms. The van der Waals surface area contributed by atoms with Crippen LogP contribution in [0.4, 0.5) is 0 Å². The molecule has 0 aromatic heterocycles. The Morgan fingerprint density at radius 1 is 0.730 bits per heavy atom. The van der Waals surface area contributed by atoms with Crippen LogP contribution < -0.4 is 14.2 Å². The molecule has 5 nitrogen and oxygen atoms in total. The van der Waals surface area contributed by atoms with E-state index in [0.29, 0.717) is 23.6 Å². The first kappa shape index (κ1) is 23.9. The van der Waals surface area contributed by atoms with Gasteiger partial charge in [-0.1, -0.05) is 54.6 Å². The lowest BCUT2D eigenvalue weighted by Gasteiger charge is -2.21. The molecule has 37 heavy (non-hydrogen) atoms. The topological polar surface area (TPSA) is 48.0 Å². The third-order valence-electron chi connectivity index (χ3n) is 6.12. The third-order valence-corrected chi connectivity index (χ3v) is 6.12. The predicted molar refractivity (Wildman–Crippen MR) is 145 cm³/mol. The van der Waals surface area contributed by atoms with Crippen LogP contribution >= 0.6 is 0 Å². The lowest BCUT2D eigenvalue weighted by molar-refractivity contribution is -0.123. The summed E-state index contributed by atoms with van der Waals surface area (Å²) >= 11 is 0. The first-order valence-electron chi connectivity index (χ1n) is 12.0. The van der Waals surface area contributed by atoms with Crippen molar-refractivity contribution >= 4 is 17.7 Å². The highest BCUT2D eigenvalue weighted by molar-refractivity contribution is 6.10. The molecule has 0 radical (unpaired) electrons. The third kappa shape index (κ3) is 5.41. The normalized spacial score (nSPS) is 14.0. The van der Waals surface area contributed by atoms with Crippen molar-refractivity contribution in [3.8, 4) is 23.0 Å². The lowest BCUT2D eigenvalue weighted by atomic mass is 10.1. The van der Waals surface area contributed by atoms with E-state index in [-0.39, 0.29) is 5.91 Å². The van der Waals surface area contributed by atoms with E-state index in [1.165, 1.54) is 0 Å². The summed E-state index contributed by atoms with van der Waals surface area (Å²) in [6.45, 7) is 0.469. The summed E-state index contributed by atoms with van der Waals surface area (Å²) in [5, 5.41) is 0. The van der Waals surface area contributed by atoms with Crippen LogP contribution in [0.15, 0.2) is 115 Å². The van der Waals surface area contributed by atoms with Crippen LogP contribution in [0, 0.1) is 0 Å². The van der Waals surface area contributed by atoms with Crippen LogP contribution in [0.5, 0.6) is 23.0 Å². The van der Waals surface area contributed by atoms with E-state index in [2.05, 4.69) is 0 Å². The maximum atomic E-state index is 13.6. The molecular weight excluding hydrogens is 462 g/mol. The van der Waals surface area contributed by atoms with Crippen molar-refractivity contribution in [2.24, 2.45) is 0 Å². The Kier molecular flexibility index (Phi) is 7.04. The van der Waals surface area contributed by atoms with E-state index in [1.807, 2.05) is 120 Å². The molecule has 0 bridgehead atoms. The molecule has 0 saturated heterocycles. The van der Waals surface area contributed by atoms with E-state index in [1.54, 1.807) is 14.2 Å². The van der Waals surface area contributed by atoms with Crippen LogP contribution in [0.25, 0.3) is 11.8 Å². The summed E-state index contributed by atoms with van der Waals surface area (Å²) in [7, 11) is 3.20. The molecule has 184 valence electrons. The van der Waals surface area contributed by atoms with Gasteiger partial charge in [-0.05, 0) is 77.4 Å². The van der Waals surface area contributed by atoms with Gasteiger partial charge in [-0.25, -0.2) is 0 Å². The number of rotatable bonds is 8. The van der Waals surface area contributed by atoms with Gasteiger partial charge in [-0.3, -0.25) is 4.79 Å². The van der Waals surface area contributed by atoms with Crippen LogP contribution in [0.3, 0.4) is 0 Å². The van der Waals surface area contributed by atoms with E-state index in [0.717, 1.165) is 33.9 Å². The zero-order valence-corrected chi connectivity index (χ0v) is 20.8. The molecule has 4 aromatic rings. The van der Waals surface area contributed by atoms with Gasteiger partial charge in [0.15, 0.2) is 11.5 Å². The molecule has 1 heterocycles. The van der Waals surface area contributed by atoms with E-state index < -0.39 is 0 Å². The van der Waals surface area contributed by atoms with Crippen LogP contribution in [0.1, 0.15) is 16.7 Å². The van der Waals surface area contributed by atoms with Crippen LogP contribution in [-0.4, -0.2) is 25.0 Å². The van der Waals surface area contributed by atoms with Gasteiger partial charge < -0.3 is 19.1 Å². The fraction of sp³-hybridized carbons (Fsp3) is 0.0938. The van der Waals surface area contributed by atoms with Crippen LogP contribution in [-0.2, 0) is 11.3 Å². The SMILES string of the molecule is COc1ccc(/C=C2\C=C(c3ccc(Oc4ccccc4)cc3)N(Cc3ccccc3)C2=O)cc1OC. The van der Waals surface area contributed by atoms with E-state index >= 15 is 0 Å². The molecule has 0 atom stereocenters. The Bertz CT molecular complexity index is 1440. The van der Waals surface area contributed by atoms with Crippen molar-refractivity contribution in [2.45, 2.75) is 6.54 Å². The first-order valence-corrected chi connectivity index (χ1v) is 12.0. The first-order chi connectivity index (χ1) is 18.1. The zero-order chi connectivity index (χ0) is 25.6. The molecular formula is C32H27NO4. The molecule has 0 unspecified atom stereocenters. The zero-order valence-electron chi connectivity index (χ0n) is 20.8. The van der Waals surface area contributed by atoms with Gasteiger partial charge in [-0.15, -0.1) is 0 Å². The smallest absolute Gasteiger partial charge is 0.258 e. The minimum Gasteiger partial charge on any atom is -0.493 e. The molecule has 4 aromatic carbocycles. The number of nitrogens with zero attached hydrogens (tertiary/aromatic N) is 1. The van der Waals surface area contributed by atoms with Crippen molar-refractivity contribution in [3.05, 3.63) is 131 Å². The minimum absolute atomic E-state index is 0.0572. The summed E-state index contributed by atoms with van der Waals surface area (Å²) in [5.74, 6) is 2.70. The molecule has 0 N–H and O–H groups in total. The van der Waals surface area contributed by atoms with Gasteiger partial charge >= 0.3 is 0 Å². The summed E-state index contributed by atoms with van der Waals surface area (Å²) in [4.78, 5) is 15.4. The molecule has 5 heteroatoms. The average molecular weight is 490 g/mol. The highest BCUT2D eigenvalue weighted by Gasteiger charge is 2.29. The molecule has 1 aliphatic heterocycles. The molecule has 0 aliphatic carbocycles. The minimum atomic E-state index is -0.0572. The summed E-state index contributed by atoms with van der Waals surface area (Å²) in [6.07, 6.45) is 3.82. The second kappa shape index (κ2) is 10.9. The highest BCUT2D eigenvalue weighted by atomic mass is 16.5. The largest absolute Gasteiger partial charge is 0.493 e. The highest BCUT2D eigenvalue weighted by Crippen LogP contribution is 2.35. The van der Waals surface area contributed by atoms with Gasteiger partial charge in [0.05, 0.1) is 26.5 Å². The summed E-state index contributed by atoms with van der Waals surface area (Å²) < 4.78 is 16.7. The van der Waals surface area contributed by atoms with Crippen molar-refractivity contribution in [1.29, 1.82) is 0 Å². The number of para-hydroxylation sites is 1. The Morgan fingerprint density at radius 2 is 1.38 bits per heavy atom. The van der Waals surface area contributed by atoms with Gasteiger partial charge in [-0.2, -0.15) is 0 Å². The van der Waals surface area contributed by atoms with Crippen molar-refractivity contribution in [1.82, 2.24) is 4.90 Å². The molecule has 0 saturated carbocycles. The maximum absolute atomic E-state index is 13.6. The number of ether oxygens (including phenoxy) is 3. The fourth-order valence-electron chi connectivity index (χ4n) is 4.26. The number of amides is 1. The Labute approximate surface area is 216 Å². The number of carbonyl (C=O) groups excluding carboxylic acids is 1. The van der Waals surface area contributed by atoms with Crippen LogP contribution in [0.2, 0.25) is 0 Å². The number of carbonyl (C=O) groups is 1. The van der Waals surface area contributed by atoms with Crippen molar-refractivity contribution in [2.75, 3.05) is 14.2 Å². The second-order valence-corrected chi connectivity index (χ2v) is 8.56. The number of benzene rings is 4. The number of hydrogen-bond donors (Lipinski definition) is 0. The Morgan fingerprint density at radius 3 is 2.05 bits per heavy atom. The predicted octanol–water partition coefficient (Wildman–Crippen LogP) is 6.96. The lowest BCUT2D eigenvalue weighted by Crippen LogP contribution is -2.25. The fourth-order valence-corrected chi connectivity index (χ4v) is 4.26. The van der Waals surface area contributed by atoms with Gasteiger partial charge in [0.2, 0.25) is 0 Å². The van der Waals surface area contributed by atoms with Crippen molar-refractivity contribution in [3.63, 3.8) is 0 Å². The quantitative estimate of drug-likeness (QED) is 0.251. The Hall–Kier alpha value is -4.77. The van der Waals surface area contributed by atoms with Gasteiger partial charge in [0.1, 0.15) is 11.5 Å². The van der Waals surface area contributed by atoms with Crippen molar-refractivity contribution < 1.29 is 19.0 Å². The summed E-state index contributed by atoms with van der Waals surface area (Å²) in [6, 6.07) is 33.1. The van der Waals surface area contributed by atoms with E-state index in [4.69, 9.17) is 14.2 Å². The summed E-state index contributed by atoms with van der Waals surface area (Å²) in [5.41, 5.74) is 4.28. The molecule has 0 fully saturated rings. The number of hydrogen-bond acceptors (Lipinski definition) is 4. The molecule has 5 rings (SSSR count). The van der Waals surface area contributed by atoms with E-state index in [9.17, 15) is 4.79 Å². The standard InChI is InChI=1S/C32H27NO4/c1-35-30-18-13-24(20-31(30)36-2)19-26-21-29(33(32(26)34)22-23-9-5-3-6-10-23)25-14-16-28(17-15-25)37-27-11-7-4-8-12-27/h3-21H,22H2,1-2H3/b26-19+. The average Bonchev–Trinajstić information content (AvgIpc) is 3.24.